The molecule has 1 aromatic carbocycles. The van der Waals surface area contributed by atoms with Crippen molar-refractivity contribution in [3.05, 3.63) is 30.3 Å². The molecule has 0 spiro atoms. The molecule has 1 atom stereocenters. The number of sulfone groups is 1. The van der Waals surface area contributed by atoms with Crippen molar-refractivity contribution in [1.29, 1.82) is 0 Å². The minimum Gasteiger partial charge on any atom is -0.224 e. The smallest absolute Gasteiger partial charge is 0.178 e. The SMILES string of the molecule is CC(C)CCC[C@@H](C)CCS(=O)(=O)c1ccccc1. The second-order valence-corrected chi connectivity index (χ2v) is 7.96. The van der Waals surface area contributed by atoms with Gasteiger partial charge in [0, 0.05) is 0 Å². The van der Waals surface area contributed by atoms with E-state index in [0.717, 1.165) is 18.8 Å². The Labute approximate surface area is 118 Å². The lowest BCUT2D eigenvalue weighted by Crippen LogP contribution is -2.10. The molecule has 2 nitrogen and oxygen atoms in total. The third-order valence-corrected chi connectivity index (χ3v) is 5.22. The Bertz CT molecular complexity index is 449. The van der Waals surface area contributed by atoms with E-state index < -0.39 is 9.84 Å². The van der Waals surface area contributed by atoms with Crippen LogP contribution in [0.5, 0.6) is 0 Å². The lowest BCUT2D eigenvalue weighted by molar-refractivity contribution is 0.448. The summed E-state index contributed by atoms with van der Waals surface area (Å²) < 4.78 is 24.2. The van der Waals surface area contributed by atoms with Crippen LogP contribution in [0.1, 0.15) is 46.5 Å². The van der Waals surface area contributed by atoms with Crippen LogP contribution in [-0.4, -0.2) is 14.2 Å². The van der Waals surface area contributed by atoms with Gasteiger partial charge in [-0.3, -0.25) is 0 Å². The van der Waals surface area contributed by atoms with Gasteiger partial charge in [0.25, 0.3) is 0 Å². The molecule has 3 heteroatoms. The summed E-state index contributed by atoms with van der Waals surface area (Å²) in [5, 5.41) is 0. The third-order valence-electron chi connectivity index (χ3n) is 3.46. The van der Waals surface area contributed by atoms with Crippen molar-refractivity contribution in [3.8, 4) is 0 Å². The highest BCUT2D eigenvalue weighted by molar-refractivity contribution is 7.91. The Morgan fingerprint density at radius 3 is 2.16 bits per heavy atom. The van der Waals surface area contributed by atoms with Crippen LogP contribution in [0.4, 0.5) is 0 Å². The molecule has 1 rings (SSSR count). The zero-order chi connectivity index (χ0) is 14.3. The van der Waals surface area contributed by atoms with Crippen LogP contribution in [0, 0.1) is 11.8 Å². The fourth-order valence-corrected chi connectivity index (χ4v) is 3.64. The van der Waals surface area contributed by atoms with E-state index in [9.17, 15) is 8.42 Å². The Morgan fingerprint density at radius 2 is 1.58 bits per heavy atom. The molecule has 0 amide bonds. The molecule has 0 fully saturated rings. The fraction of sp³-hybridized carbons (Fsp3) is 0.625. The third kappa shape index (κ3) is 6.24. The second-order valence-electron chi connectivity index (χ2n) is 5.85. The van der Waals surface area contributed by atoms with Gasteiger partial charge in [0.1, 0.15) is 0 Å². The van der Waals surface area contributed by atoms with Gasteiger partial charge in [-0.1, -0.05) is 58.2 Å². The Hall–Kier alpha value is -0.830. The molecule has 0 heterocycles. The van der Waals surface area contributed by atoms with Gasteiger partial charge in [-0.05, 0) is 30.4 Å². The van der Waals surface area contributed by atoms with Crippen LogP contribution in [0.15, 0.2) is 35.2 Å². The number of rotatable bonds is 8. The first kappa shape index (κ1) is 16.2. The summed E-state index contributed by atoms with van der Waals surface area (Å²) in [6.07, 6.45) is 4.32. The van der Waals surface area contributed by atoms with Crippen molar-refractivity contribution < 1.29 is 8.42 Å². The summed E-state index contributed by atoms with van der Waals surface area (Å²) in [7, 11) is -3.10. The Balaban J connectivity index is 2.39. The van der Waals surface area contributed by atoms with E-state index in [0.29, 0.717) is 10.8 Å². The maximum atomic E-state index is 12.1. The molecule has 0 aromatic heterocycles. The average Bonchev–Trinajstić information content (AvgIpc) is 2.37. The summed E-state index contributed by atoms with van der Waals surface area (Å²) in [5.41, 5.74) is 0. The van der Waals surface area contributed by atoms with E-state index in [1.54, 1.807) is 24.3 Å². The highest BCUT2D eigenvalue weighted by atomic mass is 32.2. The molecule has 0 N–H and O–H groups in total. The van der Waals surface area contributed by atoms with Crippen molar-refractivity contribution in [2.24, 2.45) is 11.8 Å². The maximum Gasteiger partial charge on any atom is 0.178 e. The van der Waals surface area contributed by atoms with Crippen LogP contribution in [0.3, 0.4) is 0 Å². The van der Waals surface area contributed by atoms with Gasteiger partial charge in [0.15, 0.2) is 9.84 Å². The zero-order valence-electron chi connectivity index (χ0n) is 12.3. The molecule has 0 saturated heterocycles. The lowest BCUT2D eigenvalue weighted by atomic mass is 9.98. The predicted molar refractivity (Wildman–Crippen MR) is 81.0 cm³/mol. The molecule has 0 aliphatic rings. The quantitative estimate of drug-likeness (QED) is 0.712. The minimum atomic E-state index is -3.10. The summed E-state index contributed by atoms with van der Waals surface area (Å²) >= 11 is 0. The predicted octanol–water partition coefficient (Wildman–Crippen LogP) is 4.31. The van der Waals surface area contributed by atoms with Gasteiger partial charge in [0.05, 0.1) is 10.6 Å². The Kier molecular flexibility index (Phi) is 6.56. The first-order valence-electron chi connectivity index (χ1n) is 7.19. The summed E-state index contributed by atoms with van der Waals surface area (Å²) in [4.78, 5) is 0.449. The monoisotopic (exact) mass is 282 g/mol. The fourth-order valence-electron chi connectivity index (χ4n) is 2.12. The molecule has 19 heavy (non-hydrogen) atoms. The second kappa shape index (κ2) is 7.68. The first-order chi connectivity index (χ1) is 8.92. The molecule has 108 valence electrons. The van der Waals surface area contributed by atoms with Crippen molar-refractivity contribution in [1.82, 2.24) is 0 Å². The molecular weight excluding hydrogens is 256 g/mol. The van der Waals surface area contributed by atoms with E-state index >= 15 is 0 Å². The molecular formula is C16H26O2S. The van der Waals surface area contributed by atoms with Crippen molar-refractivity contribution in [3.63, 3.8) is 0 Å². The van der Waals surface area contributed by atoms with Crippen molar-refractivity contribution in [2.45, 2.75) is 51.3 Å². The summed E-state index contributed by atoms with van der Waals surface area (Å²) in [6.45, 7) is 6.61. The van der Waals surface area contributed by atoms with E-state index in [4.69, 9.17) is 0 Å². The zero-order valence-corrected chi connectivity index (χ0v) is 13.1. The van der Waals surface area contributed by atoms with Crippen LogP contribution in [0.25, 0.3) is 0 Å². The van der Waals surface area contributed by atoms with E-state index in [1.807, 2.05) is 6.07 Å². The summed E-state index contributed by atoms with van der Waals surface area (Å²) in [5.74, 6) is 1.48. The normalized spacial score (nSPS) is 13.7. The van der Waals surface area contributed by atoms with Crippen molar-refractivity contribution >= 4 is 9.84 Å². The van der Waals surface area contributed by atoms with Gasteiger partial charge in [-0.15, -0.1) is 0 Å². The lowest BCUT2D eigenvalue weighted by Gasteiger charge is -2.12. The van der Waals surface area contributed by atoms with E-state index in [1.165, 1.54) is 12.8 Å². The number of hydrogen-bond donors (Lipinski definition) is 0. The molecule has 0 aliphatic carbocycles. The highest BCUT2D eigenvalue weighted by Gasteiger charge is 2.15. The van der Waals surface area contributed by atoms with E-state index in [2.05, 4.69) is 20.8 Å². The highest BCUT2D eigenvalue weighted by Crippen LogP contribution is 2.18. The van der Waals surface area contributed by atoms with Gasteiger partial charge < -0.3 is 0 Å². The summed E-state index contributed by atoms with van der Waals surface area (Å²) in [6, 6.07) is 8.75. The van der Waals surface area contributed by atoms with Crippen LogP contribution >= 0.6 is 0 Å². The van der Waals surface area contributed by atoms with Gasteiger partial charge >= 0.3 is 0 Å². The largest absolute Gasteiger partial charge is 0.224 e. The average molecular weight is 282 g/mol. The van der Waals surface area contributed by atoms with Crippen molar-refractivity contribution in [2.75, 3.05) is 5.75 Å². The van der Waals surface area contributed by atoms with Gasteiger partial charge in [-0.25, -0.2) is 8.42 Å². The molecule has 0 unspecified atom stereocenters. The molecule has 0 bridgehead atoms. The molecule has 1 aromatic rings. The van der Waals surface area contributed by atoms with Crippen LogP contribution < -0.4 is 0 Å². The topological polar surface area (TPSA) is 34.1 Å². The molecule has 0 saturated carbocycles. The van der Waals surface area contributed by atoms with E-state index in [-0.39, 0.29) is 5.75 Å². The molecule has 0 aliphatic heterocycles. The van der Waals surface area contributed by atoms with Gasteiger partial charge in [-0.2, -0.15) is 0 Å². The Morgan fingerprint density at radius 1 is 0.947 bits per heavy atom. The van der Waals surface area contributed by atoms with Crippen LogP contribution in [0.2, 0.25) is 0 Å². The number of benzene rings is 1. The minimum absolute atomic E-state index is 0.264. The van der Waals surface area contributed by atoms with Crippen LogP contribution in [-0.2, 0) is 9.84 Å². The standard InChI is InChI=1S/C16H26O2S/c1-14(2)8-7-9-15(3)12-13-19(17,18)16-10-5-4-6-11-16/h4-6,10-11,14-15H,7-9,12-13H2,1-3H3/t15-/m1/s1. The van der Waals surface area contributed by atoms with Gasteiger partial charge in [0.2, 0.25) is 0 Å². The molecule has 0 radical (unpaired) electrons. The first-order valence-corrected chi connectivity index (χ1v) is 8.85. The number of hydrogen-bond acceptors (Lipinski definition) is 2. The maximum absolute atomic E-state index is 12.1.